The summed E-state index contributed by atoms with van der Waals surface area (Å²) in [6.07, 6.45) is 6.77. The molecule has 9 nitrogen and oxygen atoms in total. The lowest BCUT2D eigenvalue weighted by Crippen LogP contribution is -2.07. The van der Waals surface area contributed by atoms with E-state index in [1.807, 2.05) is 0 Å². The Hall–Kier alpha value is -3.10. The Morgan fingerprint density at radius 2 is 2.32 bits per heavy atom. The predicted octanol–water partition coefficient (Wildman–Crippen LogP) is 0.613. The van der Waals surface area contributed by atoms with E-state index in [2.05, 4.69) is 36.7 Å². The zero-order valence-corrected chi connectivity index (χ0v) is 11.9. The molecule has 3 rings (SSSR count). The predicted molar refractivity (Wildman–Crippen MR) is 77.0 cm³/mol. The van der Waals surface area contributed by atoms with Crippen LogP contribution in [0.4, 0.5) is 0 Å². The molecule has 0 aliphatic rings. The van der Waals surface area contributed by atoms with Crippen LogP contribution in [0.3, 0.4) is 0 Å². The molecule has 0 aliphatic carbocycles. The number of methoxy groups -OCH3 is 1. The van der Waals surface area contributed by atoms with Gasteiger partial charge in [0.05, 0.1) is 38.7 Å². The number of esters is 1. The van der Waals surface area contributed by atoms with E-state index in [4.69, 9.17) is 0 Å². The van der Waals surface area contributed by atoms with Crippen LogP contribution in [0.5, 0.6) is 0 Å². The maximum atomic E-state index is 11.1. The molecule has 0 spiro atoms. The Morgan fingerprint density at radius 1 is 1.45 bits per heavy atom. The van der Waals surface area contributed by atoms with Crippen LogP contribution in [0.1, 0.15) is 12.2 Å². The van der Waals surface area contributed by atoms with E-state index in [-0.39, 0.29) is 12.4 Å². The van der Waals surface area contributed by atoms with Crippen LogP contribution < -0.4 is 0 Å². The third kappa shape index (κ3) is 2.55. The van der Waals surface area contributed by atoms with Crippen molar-refractivity contribution in [1.29, 1.82) is 0 Å². The van der Waals surface area contributed by atoms with Gasteiger partial charge < -0.3 is 4.74 Å². The lowest BCUT2D eigenvalue weighted by Gasteiger charge is -2.00. The lowest BCUT2D eigenvalue weighted by atomic mass is 10.4. The zero-order chi connectivity index (χ0) is 15.5. The fourth-order valence-electron chi connectivity index (χ4n) is 1.91. The van der Waals surface area contributed by atoms with Gasteiger partial charge in [-0.3, -0.25) is 9.48 Å². The first-order chi connectivity index (χ1) is 10.7. The molecule has 0 bridgehead atoms. The van der Waals surface area contributed by atoms with Crippen molar-refractivity contribution >= 4 is 23.2 Å². The highest BCUT2D eigenvalue weighted by atomic mass is 16.5. The number of ether oxygens (including phenoxy) is 1. The first-order valence-corrected chi connectivity index (χ1v) is 6.52. The highest BCUT2D eigenvalue weighted by Crippen LogP contribution is 2.13. The first-order valence-electron chi connectivity index (χ1n) is 6.52. The van der Waals surface area contributed by atoms with Crippen molar-refractivity contribution in [3.8, 4) is 5.69 Å². The van der Waals surface area contributed by atoms with Crippen LogP contribution in [0.15, 0.2) is 25.2 Å². The number of hydrogen-bond donors (Lipinski definition) is 0. The van der Waals surface area contributed by atoms with E-state index in [1.165, 1.54) is 7.11 Å². The molecule has 0 aromatic carbocycles. The minimum absolute atomic E-state index is 0.249. The third-order valence-electron chi connectivity index (χ3n) is 3.03. The van der Waals surface area contributed by atoms with Crippen molar-refractivity contribution in [2.75, 3.05) is 7.11 Å². The average molecular weight is 299 g/mol. The molecule has 3 aromatic rings. The highest BCUT2D eigenvalue weighted by Gasteiger charge is 2.11. The van der Waals surface area contributed by atoms with Crippen molar-refractivity contribution in [3.63, 3.8) is 0 Å². The molecular weight excluding hydrogens is 286 g/mol. The van der Waals surface area contributed by atoms with E-state index in [1.54, 1.807) is 34.0 Å². The number of hydrogen-bond acceptors (Lipinski definition) is 7. The number of carbonyl (C=O) groups is 1. The summed E-state index contributed by atoms with van der Waals surface area (Å²) >= 11 is 0. The molecule has 3 aromatic heterocycles. The number of aryl methyl sites for hydroxylation is 1. The normalized spacial score (nSPS) is 10.8. The fraction of sp³-hybridized carbons (Fsp3) is 0.231. The summed E-state index contributed by atoms with van der Waals surface area (Å²) in [6.45, 7) is 4.07. The monoisotopic (exact) mass is 299 g/mol. The van der Waals surface area contributed by atoms with Gasteiger partial charge in [0.15, 0.2) is 17.0 Å². The molecule has 0 radical (unpaired) electrons. The van der Waals surface area contributed by atoms with Gasteiger partial charge in [0, 0.05) is 0 Å². The van der Waals surface area contributed by atoms with Gasteiger partial charge in [-0.2, -0.15) is 9.78 Å². The van der Waals surface area contributed by atoms with E-state index >= 15 is 0 Å². The Morgan fingerprint density at radius 3 is 3.09 bits per heavy atom. The van der Waals surface area contributed by atoms with Gasteiger partial charge in [-0.1, -0.05) is 11.8 Å². The van der Waals surface area contributed by atoms with Crippen LogP contribution >= 0.6 is 0 Å². The summed E-state index contributed by atoms with van der Waals surface area (Å²) in [5, 5.41) is 12.2. The summed E-state index contributed by atoms with van der Waals surface area (Å²) in [5.74, 6) is 0.209. The SMILES string of the molecule is C=Cc1ncc2nnn(-c3cnn(CCC(=O)OC)c3)c2n1. The van der Waals surface area contributed by atoms with E-state index in [9.17, 15) is 4.79 Å². The molecule has 0 unspecified atom stereocenters. The molecule has 0 amide bonds. The standard InChI is InChI=1S/C13H13N7O2/c1-3-11-14-7-10-13(16-11)20(18-17-10)9-6-15-19(8-9)5-4-12(21)22-2/h3,6-8H,1,4-5H2,2H3. The molecule has 3 heterocycles. The second-order valence-electron chi connectivity index (χ2n) is 4.43. The Kier molecular flexibility index (Phi) is 3.60. The molecule has 0 aliphatic heterocycles. The number of carbonyl (C=O) groups excluding carboxylic acids is 1. The van der Waals surface area contributed by atoms with Gasteiger partial charge in [0.2, 0.25) is 0 Å². The summed E-state index contributed by atoms with van der Waals surface area (Å²) in [4.78, 5) is 19.6. The maximum absolute atomic E-state index is 11.1. The molecule has 0 saturated heterocycles. The molecule has 0 fully saturated rings. The second kappa shape index (κ2) is 5.72. The number of fused-ring (bicyclic) bond motifs is 1. The van der Waals surface area contributed by atoms with Crippen molar-refractivity contribution < 1.29 is 9.53 Å². The third-order valence-corrected chi connectivity index (χ3v) is 3.03. The minimum atomic E-state index is -0.286. The van der Waals surface area contributed by atoms with Crippen LogP contribution in [0, 0.1) is 0 Å². The topological polar surface area (TPSA) is 101 Å². The van der Waals surface area contributed by atoms with E-state index < -0.39 is 0 Å². The molecule has 22 heavy (non-hydrogen) atoms. The van der Waals surface area contributed by atoms with Crippen LogP contribution in [-0.2, 0) is 16.1 Å². The molecule has 0 saturated carbocycles. The van der Waals surface area contributed by atoms with E-state index in [0.29, 0.717) is 29.2 Å². The maximum Gasteiger partial charge on any atom is 0.307 e. The lowest BCUT2D eigenvalue weighted by molar-refractivity contribution is -0.140. The van der Waals surface area contributed by atoms with E-state index in [0.717, 1.165) is 0 Å². The average Bonchev–Trinajstić information content (AvgIpc) is 3.18. The summed E-state index contributed by atoms with van der Waals surface area (Å²) in [6, 6.07) is 0. The largest absolute Gasteiger partial charge is 0.469 e. The van der Waals surface area contributed by atoms with Gasteiger partial charge in [-0.25, -0.2) is 9.97 Å². The number of aromatic nitrogens is 7. The number of rotatable bonds is 5. The Balaban J connectivity index is 1.89. The molecule has 0 N–H and O–H groups in total. The van der Waals surface area contributed by atoms with Crippen LogP contribution in [0.25, 0.3) is 22.9 Å². The molecule has 112 valence electrons. The molecular formula is C13H13N7O2. The second-order valence-corrected chi connectivity index (χ2v) is 4.43. The number of nitrogens with zero attached hydrogens (tertiary/aromatic N) is 7. The van der Waals surface area contributed by atoms with Crippen LogP contribution in [0.2, 0.25) is 0 Å². The fourth-order valence-corrected chi connectivity index (χ4v) is 1.91. The van der Waals surface area contributed by atoms with Gasteiger partial charge in [0.1, 0.15) is 5.69 Å². The van der Waals surface area contributed by atoms with Gasteiger partial charge in [0.25, 0.3) is 0 Å². The summed E-state index contributed by atoms with van der Waals surface area (Å²) in [7, 11) is 1.36. The van der Waals surface area contributed by atoms with Gasteiger partial charge >= 0.3 is 5.97 Å². The van der Waals surface area contributed by atoms with Gasteiger partial charge in [-0.15, -0.1) is 5.10 Å². The Labute approximate surface area is 125 Å². The molecule has 0 atom stereocenters. The van der Waals surface area contributed by atoms with Crippen molar-refractivity contribution in [1.82, 2.24) is 34.7 Å². The summed E-state index contributed by atoms with van der Waals surface area (Å²) in [5.41, 5.74) is 1.84. The quantitative estimate of drug-likeness (QED) is 0.636. The zero-order valence-electron chi connectivity index (χ0n) is 11.9. The molecule has 9 heteroatoms. The van der Waals surface area contributed by atoms with Crippen molar-refractivity contribution in [3.05, 3.63) is 31.0 Å². The highest BCUT2D eigenvalue weighted by molar-refractivity contribution is 5.71. The smallest absolute Gasteiger partial charge is 0.307 e. The minimum Gasteiger partial charge on any atom is -0.469 e. The first kappa shape index (κ1) is 13.9. The van der Waals surface area contributed by atoms with Crippen molar-refractivity contribution in [2.24, 2.45) is 0 Å². The Bertz CT molecular complexity index is 836. The summed E-state index contributed by atoms with van der Waals surface area (Å²) < 4.78 is 7.80. The van der Waals surface area contributed by atoms with Crippen LogP contribution in [-0.4, -0.2) is 47.8 Å². The van der Waals surface area contributed by atoms with Gasteiger partial charge in [-0.05, 0) is 6.08 Å². The van der Waals surface area contributed by atoms with Crippen molar-refractivity contribution in [2.45, 2.75) is 13.0 Å².